The number of fused-ring (bicyclic) bond motifs is 1. The number of amides is 2. The summed E-state index contributed by atoms with van der Waals surface area (Å²) in [7, 11) is 0. The molecular weight excluding hydrogens is 398 g/mol. The van der Waals surface area contributed by atoms with Crippen molar-refractivity contribution < 1.29 is 9.59 Å². The first-order valence-corrected chi connectivity index (χ1v) is 10.6. The highest BCUT2D eigenvalue weighted by Crippen LogP contribution is 2.42. The van der Waals surface area contributed by atoms with Crippen LogP contribution in [0.3, 0.4) is 0 Å². The van der Waals surface area contributed by atoms with Gasteiger partial charge >= 0.3 is 0 Å². The maximum absolute atomic E-state index is 12.9. The number of aryl methyl sites for hydroxylation is 2. The summed E-state index contributed by atoms with van der Waals surface area (Å²) >= 11 is 9.01. The molecule has 0 bridgehead atoms. The second-order valence-electron chi connectivity index (χ2n) is 5.80. The van der Waals surface area contributed by atoms with Crippen LogP contribution in [-0.2, 0) is 0 Å². The van der Waals surface area contributed by atoms with Crippen LogP contribution in [0.2, 0.25) is 5.02 Å². The second kappa shape index (κ2) is 8.46. The van der Waals surface area contributed by atoms with Crippen molar-refractivity contribution in [3.8, 4) is 0 Å². The first-order chi connectivity index (χ1) is 12.8. The predicted octanol–water partition coefficient (Wildman–Crippen LogP) is 7.00. The molecule has 0 fully saturated rings. The molecule has 1 aromatic heterocycles. The molecule has 2 heterocycles. The number of hydrogen-bond acceptors (Lipinski definition) is 4. The van der Waals surface area contributed by atoms with E-state index in [0.717, 1.165) is 26.5 Å². The summed E-state index contributed by atoms with van der Waals surface area (Å²) in [6.07, 6.45) is 0. The van der Waals surface area contributed by atoms with Gasteiger partial charge < -0.3 is 0 Å². The fourth-order valence-corrected chi connectivity index (χ4v) is 4.75. The molecule has 1 aromatic carbocycles. The van der Waals surface area contributed by atoms with Gasteiger partial charge in [0.2, 0.25) is 0 Å². The molecule has 2 amide bonds. The first-order valence-electron chi connectivity index (χ1n) is 8.53. The molecule has 142 valence electrons. The molecule has 0 aliphatic carbocycles. The monoisotopic (exact) mass is 419 g/mol. The molecule has 27 heavy (non-hydrogen) atoms. The number of carbonyl (C=O) groups is 2. The van der Waals surface area contributed by atoms with Gasteiger partial charge in [0.15, 0.2) is 0 Å². The van der Waals surface area contributed by atoms with Crippen LogP contribution >= 0.6 is 34.7 Å². The van der Waals surface area contributed by atoms with Crippen molar-refractivity contribution in [2.45, 2.75) is 34.6 Å². The van der Waals surface area contributed by atoms with Crippen molar-refractivity contribution in [2.24, 2.45) is 0 Å². The Morgan fingerprint density at radius 3 is 2.33 bits per heavy atom. The maximum Gasteiger partial charge on any atom is 0.276 e. The van der Waals surface area contributed by atoms with E-state index in [9.17, 15) is 9.59 Å². The first kappa shape index (κ1) is 21.5. The molecule has 0 spiro atoms. The van der Waals surface area contributed by atoms with Crippen LogP contribution in [0.1, 0.15) is 55.4 Å². The smallest absolute Gasteiger partial charge is 0.268 e. The van der Waals surface area contributed by atoms with Gasteiger partial charge in [0.05, 0.1) is 11.3 Å². The summed E-state index contributed by atoms with van der Waals surface area (Å²) in [5, 5.41) is 2.25. The van der Waals surface area contributed by atoms with E-state index in [-0.39, 0.29) is 11.8 Å². The number of halogens is 1. The van der Waals surface area contributed by atoms with E-state index in [1.165, 1.54) is 28.0 Å². The highest BCUT2D eigenvalue weighted by molar-refractivity contribution is 8.11. The Hall–Kier alpha value is -1.82. The van der Waals surface area contributed by atoms with Crippen LogP contribution in [0.4, 0.5) is 5.69 Å². The lowest BCUT2D eigenvalue weighted by Crippen LogP contribution is -2.31. The van der Waals surface area contributed by atoms with E-state index in [1.54, 1.807) is 11.5 Å². The molecule has 3 rings (SSSR count). The van der Waals surface area contributed by atoms with E-state index >= 15 is 0 Å². The number of thioether (sulfide) groups is 1. The lowest BCUT2D eigenvalue weighted by atomic mass is 10.0. The van der Waals surface area contributed by atoms with E-state index in [0.29, 0.717) is 21.2 Å². The molecule has 2 aromatic rings. The number of nitrogens with zero attached hydrogens (tertiary/aromatic N) is 1. The van der Waals surface area contributed by atoms with Crippen molar-refractivity contribution in [3.63, 3.8) is 0 Å². The third kappa shape index (κ3) is 3.64. The topological polar surface area (TPSA) is 37.4 Å². The van der Waals surface area contributed by atoms with Gasteiger partial charge in [0, 0.05) is 14.8 Å². The number of imide groups is 1. The Kier molecular flexibility index (Phi) is 6.73. The van der Waals surface area contributed by atoms with Crippen molar-refractivity contribution >= 4 is 57.1 Å². The molecule has 0 saturated carbocycles. The summed E-state index contributed by atoms with van der Waals surface area (Å²) in [5.74, 6) is -0.621. The Bertz CT molecular complexity index is 926. The minimum atomic E-state index is -0.315. The fraction of sp³-hybridized carbons (Fsp3) is 0.238. The average Bonchev–Trinajstić information content (AvgIpc) is 3.17. The quantitative estimate of drug-likeness (QED) is 0.500. The van der Waals surface area contributed by atoms with Gasteiger partial charge in [0.1, 0.15) is 4.88 Å². The number of benzene rings is 1. The lowest BCUT2D eigenvalue weighted by Gasteiger charge is -2.21. The van der Waals surface area contributed by atoms with Gasteiger partial charge in [-0.3, -0.25) is 9.59 Å². The van der Waals surface area contributed by atoms with Crippen LogP contribution in [0, 0.1) is 20.8 Å². The molecule has 0 unspecified atom stereocenters. The minimum Gasteiger partial charge on any atom is -0.268 e. The molecular formula is C21H22ClNO2S2. The lowest BCUT2D eigenvalue weighted by molar-refractivity contribution is 0.0926. The van der Waals surface area contributed by atoms with Crippen LogP contribution in [0.15, 0.2) is 30.7 Å². The number of rotatable bonds is 4. The summed E-state index contributed by atoms with van der Waals surface area (Å²) < 4.78 is 0. The highest BCUT2D eigenvalue weighted by Gasteiger charge is 2.40. The van der Waals surface area contributed by atoms with Crippen LogP contribution < -0.4 is 4.90 Å². The number of carbonyl (C=O) groups excluding carboxylic acids is 2. The van der Waals surface area contributed by atoms with E-state index in [1.807, 2.05) is 40.7 Å². The van der Waals surface area contributed by atoms with Crippen LogP contribution in [0.5, 0.6) is 0 Å². The number of anilines is 1. The highest BCUT2D eigenvalue weighted by atomic mass is 35.5. The van der Waals surface area contributed by atoms with E-state index in [4.69, 9.17) is 11.6 Å². The molecule has 0 atom stereocenters. The third-order valence-corrected chi connectivity index (χ3v) is 6.69. The Morgan fingerprint density at radius 1 is 1.15 bits per heavy atom. The molecule has 3 nitrogen and oxygen atoms in total. The zero-order chi connectivity index (χ0) is 20.5. The van der Waals surface area contributed by atoms with Crippen molar-refractivity contribution in [2.75, 3.05) is 4.90 Å². The molecule has 1 aliphatic rings. The summed E-state index contributed by atoms with van der Waals surface area (Å²) in [5.41, 5.74) is 3.52. The Balaban J connectivity index is 0.00000126. The SMILES string of the molecule is C=CSC(=C)c1cc2c(s1)C(=O)N(c1c(C)cc(C)c(Cl)c1C)C2=O.CC. The third-order valence-electron chi connectivity index (χ3n) is 4.12. The largest absolute Gasteiger partial charge is 0.276 e. The summed E-state index contributed by atoms with van der Waals surface area (Å²) in [6.45, 7) is 17.2. The van der Waals surface area contributed by atoms with Crippen molar-refractivity contribution in [1.82, 2.24) is 0 Å². The zero-order valence-corrected chi connectivity index (χ0v) is 18.5. The zero-order valence-electron chi connectivity index (χ0n) is 16.1. The van der Waals surface area contributed by atoms with E-state index in [2.05, 4.69) is 13.2 Å². The summed E-state index contributed by atoms with van der Waals surface area (Å²) in [6, 6.07) is 3.63. The number of hydrogen-bond donors (Lipinski definition) is 0. The Labute approximate surface area is 173 Å². The average molecular weight is 420 g/mol. The minimum absolute atomic E-state index is 0.307. The van der Waals surface area contributed by atoms with Gasteiger partial charge in [-0.25, -0.2) is 4.90 Å². The second-order valence-corrected chi connectivity index (χ2v) is 8.30. The molecule has 0 saturated heterocycles. The van der Waals surface area contributed by atoms with E-state index < -0.39 is 0 Å². The van der Waals surface area contributed by atoms with Gasteiger partial charge in [-0.15, -0.1) is 11.3 Å². The summed E-state index contributed by atoms with van der Waals surface area (Å²) in [4.78, 5) is 29.1. The predicted molar refractivity (Wildman–Crippen MR) is 119 cm³/mol. The van der Waals surface area contributed by atoms with Gasteiger partial charge in [-0.2, -0.15) is 0 Å². The molecule has 0 radical (unpaired) electrons. The molecule has 6 heteroatoms. The Morgan fingerprint density at radius 2 is 1.78 bits per heavy atom. The van der Waals surface area contributed by atoms with Crippen molar-refractivity contribution in [1.29, 1.82) is 0 Å². The maximum atomic E-state index is 12.9. The molecule has 0 N–H and O–H groups in total. The van der Waals surface area contributed by atoms with Gasteiger partial charge in [-0.1, -0.05) is 56.4 Å². The van der Waals surface area contributed by atoms with Crippen LogP contribution in [0.25, 0.3) is 4.91 Å². The number of thiophene rings is 1. The van der Waals surface area contributed by atoms with Gasteiger partial charge in [-0.05, 0) is 48.9 Å². The normalized spacial score (nSPS) is 12.6. The molecule has 1 aliphatic heterocycles. The van der Waals surface area contributed by atoms with Gasteiger partial charge in [0.25, 0.3) is 11.8 Å². The fourth-order valence-electron chi connectivity index (χ4n) is 3.02. The standard InChI is InChI=1S/C19H16ClNO2S2.C2H6/c1-6-24-12(5)14-8-13-17(25-14)19(23)21(18(13)22)16-10(3)7-9(2)15(20)11(16)4;1-2/h6-8H,1,5H2,2-4H3;1-2H3. The van der Waals surface area contributed by atoms with Crippen LogP contribution in [-0.4, -0.2) is 11.8 Å². The van der Waals surface area contributed by atoms with Crippen molar-refractivity contribution in [3.05, 3.63) is 67.7 Å².